The molecule has 1 aliphatic heterocycles. The van der Waals surface area contributed by atoms with Gasteiger partial charge < -0.3 is 10.2 Å². The smallest absolute Gasteiger partial charge is 0.338 e. The average Bonchev–Trinajstić information content (AvgIpc) is 3.21. The first kappa shape index (κ1) is 18.4. The summed E-state index contributed by atoms with van der Waals surface area (Å²) in [5.74, 6) is -1.39. The van der Waals surface area contributed by atoms with Crippen LogP contribution < -0.4 is 5.32 Å². The Bertz CT molecular complexity index is 802. The van der Waals surface area contributed by atoms with Crippen LogP contribution >= 0.6 is 0 Å². The molecule has 0 unspecified atom stereocenters. The number of carbonyl (C=O) groups is 1. The second-order valence-corrected chi connectivity index (χ2v) is 6.23. The summed E-state index contributed by atoms with van der Waals surface area (Å²) in [5.41, 5.74) is -2.18. The molecule has 140 valence electrons. The predicted molar refractivity (Wildman–Crippen MR) is 86.5 cm³/mol. The van der Waals surface area contributed by atoms with Crippen LogP contribution in [0.1, 0.15) is 22.5 Å². The molecule has 0 aliphatic carbocycles. The van der Waals surface area contributed by atoms with Gasteiger partial charge in [-0.2, -0.15) is 18.3 Å². The summed E-state index contributed by atoms with van der Waals surface area (Å²) in [4.78, 5) is 14.0. The molecule has 1 N–H and O–H groups in total. The molecule has 2 aromatic rings. The number of hydrogen-bond acceptors (Lipinski definition) is 3. The van der Waals surface area contributed by atoms with Crippen molar-refractivity contribution < 1.29 is 22.4 Å². The molecule has 9 heteroatoms. The molecule has 1 amide bonds. The second-order valence-electron chi connectivity index (χ2n) is 6.23. The molecule has 1 aliphatic rings. The molecule has 5 nitrogen and oxygen atoms in total. The van der Waals surface area contributed by atoms with E-state index in [9.17, 15) is 22.4 Å². The minimum atomic E-state index is -4.85. The van der Waals surface area contributed by atoms with Gasteiger partial charge >= 0.3 is 6.18 Å². The highest BCUT2D eigenvalue weighted by Crippen LogP contribution is 2.35. The standard InChI is InChI=1S/C17H18F4N4O/c1-22-8-11-6-7-24(10-11)16(26)12-9-23-25(15(12)17(19,20)21)14-5-3-2-4-13(14)18/h2-5,9,11,22H,6-8,10H2,1H3/t11-/m1/s1. The third-order valence-electron chi connectivity index (χ3n) is 4.41. The second kappa shape index (κ2) is 7.06. The van der Waals surface area contributed by atoms with Crippen LogP contribution in [0.25, 0.3) is 5.69 Å². The van der Waals surface area contributed by atoms with Crippen LogP contribution in [0, 0.1) is 11.7 Å². The van der Waals surface area contributed by atoms with E-state index in [2.05, 4.69) is 10.4 Å². The predicted octanol–water partition coefficient (Wildman–Crippen LogP) is 2.71. The third kappa shape index (κ3) is 3.44. The zero-order chi connectivity index (χ0) is 18.9. The van der Waals surface area contributed by atoms with E-state index in [-0.39, 0.29) is 11.6 Å². The number of rotatable bonds is 4. The van der Waals surface area contributed by atoms with Gasteiger partial charge in [0.25, 0.3) is 5.91 Å². The maximum atomic E-state index is 14.0. The number of carbonyl (C=O) groups excluding carboxylic acids is 1. The molecular formula is C17H18F4N4O. The molecule has 1 fully saturated rings. The average molecular weight is 370 g/mol. The summed E-state index contributed by atoms with van der Waals surface area (Å²) >= 11 is 0. The Morgan fingerprint density at radius 1 is 1.35 bits per heavy atom. The van der Waals surface area contributed by atoms with Gasteiger partial charge in [-0.05, 0) is 38.1 Å². The van der Waals surface area contributed by atoms with Crippen molar-refractivity contribution in [2.24, 2.45) is 5.92 Å². The number of nitrogens with one attached hydrogen (secondary N) is 1. The van der Waals surface area contributed by atoms with Gasteiger partial charge in [0.2, 0.25) is 0 Å². The van der Waals surface area contributed by atoms with Crippen LogP contribution in [0.15, 0.2) is 30.5 Å². The molecular weight excluding hydrogens is 352 g/mol. The monoisotopic (exact) mass is 370 g/mol. The SMILES string of the molecule is CNC[C@H]1CCN(C(=O)c2cnn(-c3ccccc3F)c2C(F)(F)F)C1. The number of para-hydroxylation sites is 1. The fourth-order valence-electron chi connectivity index (χ4n) is 3.23. The van der Waals surface area contributed by atoms with Crippen LogP contribution in [0.2, 0.25) is 0 Å². The first-order valence-corrected chi connectivity index (χ1v) is 8.17. The maximum Gasteiger partial charge on any atom is 0.434 e. The van der Waals surface area contributed by atoms with Crippen molar-refractivity contribution in [3.8, 4) is 5.69 Å². The van der Waals surface area contributed by atoms with E-state index >= 15 is 0 Å². The fourth-order valence-corrected chi connectivity index (χ4v) is 3.23. The van der Waals surface area contributed by atoms with Crippen molar-refractivity contribution >= 4 is 5.91 Å². The van der Waals surface area contributed by atoms with E-state index in [0.29, 0.717) is 24.3 Å². The van der Waals surface area contributed by atoms with Gasteiger partial charge in [0.15, 0.2) is 5.69 Å². The summed E-state index contributed by atoms with van der Waals surface area (Å²) < 4.78 is 55.3. The number of aromatic nitrogens is 2. The van der Waals surface area contributed by atoms with Crippen LogP contribution in [0.5, 0.6) is 0 Å². The highest BCUT2D eigenvalue weighted by Gasteiger charge is 2.42. The van der Waals surface area contributed by atoms with Crippen molar-refractivity contribution in [3.63, 3.8) is 0 Å². The van der Waals surface area contributed by atoms with Gasteiger partial charge in [0, 0.05) is 13.1 Å². The maximum absolute atomic E-state index is 14.0. The van der Waals surface area contributed by atoms with Crippen LogP contribution in [0.3, 0.4) is 0 Å². The number of likely N-dealkylation sites (tertiary alicyclic amines) is 1. The number of amides is 1. The Morgan fingerprint density at radius 2 is 2.08 bits per heavy atom. The van der Waals surface area contributed by atoms with Gasteiger partial charge in [0.1, 0.15) is 11.5 Å². The van der Waals surface area contributed by atoms with E-state index in [4.69, 9.17) is 0 Å². The zero-order valence-electron chi connectivity index (χ0n) is 14.1. The Labute approximate surface area is 147 Å². The van der Waals surface area contributed by atoms with E-state index in [1.807, 2.05) is 0 Å². The number of halogens is 4. The van der Waals surface area contributed by atoms with Crippen molar-refractivity contribution in [1.29, 1.82) is 0 Å². The Kier molecular flexibility index (Phi) is 4.99. The lowest BCUT2D eigenvalue weighted by atomic mass is 10.1. The molecule has 0 bridgehead atoms. The molecule has 0 saturated carbocycles. The van der Waals surface area contributed by atoms with Gasteiger partial charge in [-0.15, -0.1) is 0 Å². The molecule has 2 heterocycles. The van der Waals surface area contributed by atoms with Crippen molar-refractivity contribution in [2.75, 3.05) is 26.7 Å². The fraction of sp³-hybridized carbons (Fsp3) is 0.412. The van der Waals surface area contributed by atoms with Gasteiger partial charge in [-0.25, -0.2) is 9.07 Å². The summed E-state index contributed by atoms with van der Waals surface area (Å²) in [7, 11) is 1.78. The Hall–Kier alpha value is -2.42. The van der Waals surface area contributed by atoms with Gasteiger partial charge in [0.05, 0.1) is 11.8 Å². The molecule has 1 aromatic heterocycles. The Morgan fingerprint density at radius 3 is 2.73 bits per heavy atom. The molecule has 1 saturated heterocycles. The van der Waals surface area contributed by atoms with E-state index in [0.717, 1.165) is 18.7 Å². The van der Waals surface area contributed by atoms with Crippen LogP contribution in [-0.2, 0) is 6.18 Å². The van der Waals surface area contributed by atoms with Gasteiger partial charge in [-0.1, -0.05) is 12.1 Å². The molecule has 0 spiro atoms. The summed E-state index contributed by atoms with van der Waals surface area (Å²) in [6, 6.07) is 5.00. The lowest BCUT2D eigenvalue weighted by molar-refractivity contribution is -0.143. The highest BCUT2D eigenvalue weighted by molar-refractivity contribution is 5.95. The molecule has 26 heavy (non-hydrogen) atoms. The lowest BCUT2D eigenvalue weighted by Gasteiger charge is -2.18. The summed E-state index contributed by atoms with van der Waals surface area (Å²) in [5, 5.41) is 6.66. The minimum Gasteiger partial charge on any atom is -0.338 e. The third-order valence-corrected chi connectivity index (χ3v) is 4.41. The van der Waals surface area contributed by atoms with Crippen LogP contribution in [0.4, 0.5) is 17.6 Å². The minimum absolute atomic E-state index is 0.194. The molecule has 3 rings (SSSR count). The summed E-state index contributed by atoms with van der Waals surface area (Å²) in [6.45, 7) is 1.44. The first-order chi connectivity index (χ1) is 12.3. The van der Waals surface area contributed by atoms with Gasteiger partial charge in [-0.3, -0.25) is 4.79 Å². The highest BCUT2D eigenvalue weighted by atomic mass is 19.4. The quantitative estimate of drug-likeness (QED) is 0.842. The number of benzene rings is 1. The zero-order valence-corrected chi connectivity index (χ0v) is 14.1. The number of nitrogens with zero attached hydrogens (tertiary/aromatic N) is 3. The molecule has 1 atom stereocenters. The normalized spacial score (nSPS) is 17.7. The van der Waals surface area contributed by atoms with E-state index in [1.165, 1.54) is 23.1 Å². The van der Waals surface area contributed by atoms with Crippen molar-refractivity contribution in [2.45, 2.75) is 12.6 Å². The molecule has 1 aromatic carbocycles. The Balaban J connectivity index is 1.99. The topological polar surface area (TPSA) is 50.2 Å². The lowest BCUT2D eigenvalue weighted by Crippen LogP contribution is -2.32. The molecule has 0 radical (unpaired) electrons. The number of alkyl halides is 3. The largest absolute Gasteiger partial charge is 0.434 e. The summed E-state index contributed by atoms with van der Waals surface area (Å²) in [6.07, 6.45) is -3.27. The number of hydrogen-bond donors (Lipinski definition) is 1. The van der Waals surface area contributed by atoms with Crippen molar-refractivity contribution in [3.05, 3.63) is 47.5 Å². The first-order valence-electron chi connectivity index (χ1n) is 8.17. The van der Waals surface area contributed by atoms with E-state index < -0.39 is 29.2 Å². The van der Waals surface area contributed by atoms with Crippen LogP contribution in [-0.4, -0.2) is 47.3 Å². The van der Waals surface area contributed by atoms with E-state index in [1.54, 1.807) is 7.05 Å². The van der Waals surface area contributed by atoms with Crippen molar-refractivity contribution in [1.82, 2.24) is 20.0 Å².